The minimum atomic E-state index is -0.907. The summed E-state index contributed by atoms with van der Waals surface area (Å²) in [5.74, 6) is 0.288. The lowest BCUT2D eigenvalue weighted by Crippen LogP contribution is -2.47. The van der Waals surface area contributed by atoms with Crippen LogP contribution >= 0.6 is 0 Å². The zero-order valence-corrected chi connectivity index (χ0v) is 18.4. The maximum absolute atomic E-state index is 12.7. The van der Waals surface area contributed by atoms with Crippen molar-refractivity contribution in [1.29, 1.82) is 0 Å². The maximum atomic E-state index is 12.7. The SMILES string of the molecule is CCCOc1ccc(/C=N\NC(=O)[C@H](Cc2cnc[nH]2)NC(=O)OCc2ccccc2)cc1. The van der Waals surface area contributed by atoms with Crippen molar-refractivity contribution in [2.45, 2.75) is 32.4 Å². The van der Waals surface area contributed by atoms with Crippen molar-refractivity contribution in [3.05, 3.63) is 83.9 Å². The topological polar surface area (TPSA) is 118 Å². The van der Waals surface area contributed by atoms with Crippen LogP contribution in [0.2, 0.25) is 0 Å². The number of ether oxygens (including phenoxy) is 2. The van der Waals surface area contributed by atoms with Crippen LogP contribution in [0.5, 0.6) is 5.75 Å². The first-order chi connectivity index (χ1) is 16.1. The summed E-state index contributed by atoms with van der Waals surface area (Å²) in [5.41, 5.74) is 4.79. The molecule has 1 heterocycles. The van der Waals surface area contributed by atoms with Gasteiger partial charge in [0.25, 0.3) is 5.91 Å². The fourth-order valence-electron chi connectivity index (χ4n) is 2.85. The van der Waals surface area contributed by atoms with Crippen LogP contribution in [0.25, 0.3) is 0 Å². The van der Waals surface area contributed by atoms with E-state index >= 15 is 0 Å². The summed E-state index contributed by atoms with van der Waals surface area (Å²) in [6.45, 7) is 2.80. The number of alkyl carbamates (subject to hydrolysis) is 1. The third-order valence-electron chi connectivity index (χ3n) is 4.54. The lowest BCUT2D eigenvalue weighted by atomic mass is 10.1. The van der Waals surface area contributed by atoms with Crippen LogP contribution < -0.4 is 15.5 Å². The average Bonchev–Trinajstić information content (AvgIpc) is 3.35. The lowest BCUT2D eigenvalue weighted by molar-refractivity contribution is -0.123. The number of amides is 2. The number of rotatable bonds is 11. The van der Waals surface area contributed by atoms with Gasteiger partial charge < -0.3 is 19.8 Å². The van der Waals surface area contributed by atoms with Gasteiger partial charge in [0.05, 0.1) is 19.1 Å². The molecular formula is C24H27N5O4. The first kappa shape index (κ1) is 23.5. The Bertz CT molecular complexity index is 1020. The van der Waals surface area contributed by atoms with E-state index in [2.05, 4.69) is 25.8 Å². The Morgan fingerprint density at radius 3 is 2.64 bits per heavy atom. The number of carbonyl (C=O) groups excluding carboxylic acids is 2. The first-order valence-electron chi connectivity index (χ1n) is 10.6. The molecule has 0 aliphatic carbocycles. The molecular weight excluding hydrogens is 422 g/mol. The van der Waals surface area contributed by atoms with Crippen molar-refractivity contribution in [3.8, 4) is 5.75 Å². The second kappa shape index (κ2) is 12.7. The largest absolute Gasteiger partial charge is 0.494 e. The molecule has 3 N–H and O–H groups in total. The second-order valence-corrected chi connectivity index (χ2v) is 7.19. The average molecular weight is 450 g/mol. The minimum absolute atomic E-state index is 0.0984. The van der Waals surface area contributed by atoms with Crippen molar-refractivity contribution in [3.63, 3.8) is 0 Å². The highest BCUT2D eigenvalue weighted by Crippen LogP contribution is 2.11. The second-order valence-electron chi connectivity index (χ2n) is 7.19. The van der Waals surface area contributed by atoms with Gasteiger partial charge >= 0.3 is 6.09 Å². The molecule has 1 atom stereocenters. The predicted molar refractivity (Wildman–Crippen MR) is 124 cm³/mol. The van der Waals surface area contributed by atoms with Gasteiger partial charge in [0.2, 0.25) is 0 Å². The van der Waals surface area contributed by atoms with Crippen molar-refractivity contribution in [2.75, 3.05) is 6.61 Å². The molecule has 9 nitrogen and oxygen atoms in total. The van der Waals surface area contributed by atoms with Gasteiger partial charge in [-0.3, -0.25) is 4.79 Å². The summed E-state index contributed by atoms with van der Waals surface area (Å²) in [6, 6.07) is 15.7. The minimum Gasteiger partial charge on any atom is -0.494 e. The Labute approximate surface area is 192 Å². The van der Waals surface area contributed by atoms with Crippen LogP contribution in [-0.2, 0) is 22.6 Å². The monoisotopic (exact) mass is 449 g/mol. The van der Waals surface area contributed by atoms with Crippen LogP contribution in [0, 0.1) is 0 Å². The maximum Gasteiger partial charge on any atom is 0.408 e. The molecule has 0 radical (unpaired) electrons. The molecule has 3 rings (SSSR count). The molecule has 0 saturated heterocycles. The van der Waals surface area contributed by atoms with Gasteiger partial charge in [0.1, 0.15) is 18.4 Å². The van der Waals surface area contributed by atoms with Crippen LogP contribution in [0.1, 0.15) is 30.2 Å². The predicted octanol–water partition coefficient (Wildman–Crippen LogP) is 3.19. The number of hydrogen-bond donors (Lipinski definition) is 3. The van der Waals surface area contributed by atoms with Crippen LogP contribution in [0.15, 0.2) is 72.2 Å². The molecule has 2 aromatic carbocycles. The standard InChI is InChI=1S/C24H27N5O4/c1-2-12-32-21-10-8-18(9-11-21)14-27-29-23(30)22(13-20-15-25-17-26-20)28-24(31)33-16-19-6-4-3-5-7-19/h3-11,14-15,17,22H,2,12-13,16H2,1H3,(H,25,26)(H,28,31)(H,29,30)/b27-14-/t22-/m0/s1. The van der Waals surface area contributed by atoms with Crippen molar-refractivity contribution < 1.29 is 19.1 Å². The Balaban J connectivity index is 1.55. The molecule has 3 aromatic rings. The number of H-pyrrole nitrogens is 1. The van der Waals surface area contributed by atoms with E-state index in [1.807, 2.05) is 61.5 Å². The Morgan fingerprint density at radius 1 is 1.15 bits per heavy atom. The number of carbonyl (C=O) groups is 2. The molecule has 9 heteroatoms. The quantitative estimate of drug-likeness (QED) is 0.307. The third kappa shape index (κ3) is 8.13. The molecule has 0 saturated carbocycles. The van der Waals surface area contributed by atoms with Crippen LogP contribution in [0.4, 0.5) is 4.79 Å². The number of nitrogens with zero attached hydrogens (tertiary/aromatic N) is 2. The van der Waals surface area contributed by atoms with E-state index in [4.69, 9.17) is 9.47 Å². The molecule has 0 spiro atoms. The van der Waals surface area contributed by atoms with Gasteiger partial charge in [0.15, 0.2) is 0 Å². The molecule has 0 aliphatic rings. The fourth-order valence-corrected chi connectivity index (χ4v) is 2.85. The van der Waals surface area contributed by atoms with Gasteiger partial charge in [-0.1, -0.05) is 37.3 Å². The smallest absolute Gasteiger partial charge is 0.408 e. The summed E-state index contributed by atoms with van der Waals surface area (Å²) in [4.78, 5) is 31.8. The zero-order chi connectivity index (χ0) is 23.3. The summed E-state index contributed by atoms with van der Waals surface area (Å²) < 4.78 is 10.8. The van der Waals surface area contributed by atoms with E-state index in [1.54, 1.807) is 6.20 Å². The number of aromatic nitrogens is 2. The van der Waals surface area contributed by atoms with Gasteiger partial charge in [-0.15, -0.1) is 0 Å². The molecule has 172 valence electrons. The number of hydrogen-bond acceptors (Lipinski definition) is 6. The highest BCUT2D eigenvalue weighted by atomic mass is 16.5. The summed E-state index contributed by atoms with van der Waals surface area (Å²) in [7, 11) is 0. The fraction of sp³-hybridized carbons (Fsp3) is 0.250. The molecule has 0 unspecified atom stereocenters. The molecule has 33 heavy (non-hydrogen) atoms. The number of benzene rings is 2. The number of nitrogens with one attached hydrogen (secondary N) is 3. The Kier molecular flexibility index (Phi) is 9.02. The zero-order valence-electron chi connectivity index (χ0n) is 18.4. The van der Waals surface area contributed by atoms with E-state index in [0.717, 1.165) is 23.3 Å². The van der Waals surface area contributed by atoms with Gasteiger partial charge in [-0.25, -0.2) is 15.2 Å². The normalized spacial score (nSPS) is 11.7. The molecule has 0 aliphatic heterocycles. The van der Waals surface area contributed by atoms with Gasteiger partial charge in [-0.05, 0) is 41.8 Å². The molecule has 0 bridgehead atoms. The van der Waals surface area contributed by atoms with E-state index in [0.29, 0.717) is 12.3 Å². The molecule has 2 amide bonds. The van der Waals surface area contributed by atoms with Crippen LogP contribution in [0.3, 0.4) is 0 Å². The van der Waals surface area contributed by atoms with Gasteiger partial charge in [0, 0.05) is 18.3 Å². The van der Waals surface area contributed by atoms with Crippen molar-refractivity contribution in [2.24, 2.45) is 5.10 Å². The number of imidazole rings is 1. The molecule has 1 aromatic heterocycles. The lowest BCUT2D eigenvalue weighted by Gasteiger charge is -2.16. The summed E-state index contributed by atoms with van der Waals surface area (Å²) >= 11 is 0. The number of aromatic amines is 1. The van der Waals surface area contributed by atoms with Crippen LogP contribution in [-0.4, -0.2) is 40.8 Å². The third-order valence-corrected chi connectivity index (χ3v) is 4.54. The van der Waals surface area contributed by atoms with E-state index in [1.165, 1.54) is 12.5 Å². The summed E-state index contributed by atoms with van der Waals surface area (Å²) in [6.07, 6.45) is 5.04. The highest BCUT2D eigenvalue weighted by molar-refractivity contribution is 5.87. The Morgan fingerprint density at radius 2 is 1.94 bits per heavy atom. The molecule has 0 fully saturated rings. The van der Waals surface area contributed by atoms with E-state index in [9.17, 15) is 9.59 Å². The van der Waals surface area contributed by atoms with Crippen molar-refractivity contribution >= 4 is 18.2 Å². The summed E-state index contributed by atoms with van der Waals surface area (Å²) in [5, 5.41) is 6.59. The Hall–Kier alpha value is -4.14. The van der Waals surface area contributed by atoms with E-state index < -0.39 is 18.0 Å². The number of hydrazone groups is 1. The van der Waals surface area contributed by atoms with Crippen molar-refractivity contribution in [1.82, 2.24) is 20.7 Å². The van der Waals surface area contributed by atoms with E-state index in [-0.39, 0.29) is 13.0 Å². The first-order valence-corrected chi connectivity index (χ1v) is 10.6. The highest BCUT2D eigenvalue weighted by Gasteiger charge is 2.22. The van der Waals surface area contributed by atoms with Gasteiger partial charge in [-0.2, -0.15) is 5.10 Å².